The first kappa shape index (κ1) is 17.2. The molecule has 1 heterocycles. The summed E-state index contributed by atoms with van der Waals surface area (Å²) >= 11 is 0. The molecular formula is C20H29N3O. The minimum Gasteiger partial charge on any atom is -0.491 e. The Morgan fingerprint density at radius 1 is 1.12 bits per heavy atom. The van der Waals surface area contributed by atoms with Gasteiger partial charge in [-0.25, -0.2) is 0 Å². The van der Waals surface area contributed by atoms with E-state index in [4.69, 9.17) is 4.74 Å². The van der Waals surface area contributed by atoms with E-state index in [-0.39, 0.29) is 6.10 Å². The Kier molecular flexibility index (Phi) is 6.07. The van der Waals surface area contributed by atoms with Crippen LogP contribution in [0.3, 0.4) is 0 Å². The van der Waals surface area contributed by atoms with Gasteiger partial charge in [-0.2, -0.15) is 0 Å². The minimum atomic E-state index is 0.186. The van der Waals surface area contributed by atoms with Crippen LogP contribution >= 0.6 is 0 Å². The van der Waals surface area contributed by atoms with Gasteiger partial charge in [0.15, 0.2) is 0 Å². The molecule has 130 valence electrons. The maximum Gasteiger partial charge on any atom is 0.124 e. The van der Waals surface area contributed by atoms with Crippen LogP contribution < -0.4 is 15.4 Å². The standard InChI is InChI=1S/C20H29N3O/c1-16(2)24-20-8-7-17-5-3-4-6-18(17)19(20)15-22-11-14-23-12-9-21-10-13-23/h3-8,16,21-22H,9-15H2,1-2H3. The molecule has 2 aromatic carbocycles. The summed E-state index contributed by atoms with van der Waals surface area (Å²) in [5, 5.41) is 9.56. The van der Waals surface area contributed by atoms with E-state index < -0.39 is 0 Å². The molecule has 0 aromatic heterocycles. The molecule has 0 unspecified atom stereocenters. The van der Waals surface area contributed by atoms with Crippen molar-refractivity contribution in [3.8, 4) is 5.75 Å². The van der Waals surface area contributed by atoms with Gasteiger partial charge in [-0.3, -0.25) is 4.90 Å². The number of ether oxygens (including phenoxy) is 1. The largest absolute Gasteiger partial charge is 0.491 e. The van der Waals surface area contributed by atoms with Gasteiger partial charge in [-0.05, 0) is 30.7 Å². The lowest BCUT2D eigenvalue weighted by Crippen LogP contribution is -2.45. The van der Waals surface area contributed by atoms with Crippen LogP contribution in [0.15, 0.2) is 36.4 Å². The van der Waals surface area contributed by atoms with E-state index >= 15 is 0 Å². The average molecular weight is 327 g/mol. The Morgan fingerprint density at radius 2 is 1.92 bits per heavy atom. The van der Waals surface area contributed by atoms with Gasteiger partial charge >= 0.3 is 0 Å². The van der Waals surface area contributed by atoms with Gasteiger partial charge in [0.1, 0.15) is 5.75 Å². The summed E-state index contributed by atoms with van der Waals surface area (Å²) in [4.78, 5) is 2.51. The molecule has 3 rings (SSSR count). The van der Waals surface area contributed by atoms with Crippen LogP contribution in [0.4, 0.5) is 0 Å². The predicted octanol–water partition coefficient (Wildman–Crippen LogP) is 2.62. The highest BCUT2D eigenvalue weighted by Gasteiger charge is 2.11. The van der Waals surface area contributed by atoms with E-state index in [1.807, 2.05) is 0 Å². The topological polar surface area (TPSA) is 36.5 Å². The third-order valence-electron chi connectivity index (χ3n) is 4.48. The molecule has 0 saturated carbocycles. The second kappa shape index (κ2) is 8.47. The molecule has 2 aromatic rings. The Labute approximate surface area is 145 Å². The molecule has 1 aliphatic rings. The Hall–Kier alpha value is -1.62. The number of hydrogen-bond donors (Lipinski definition) is 2. The number of fused-ring (bicyclic) bond motifs is 1. The van der Waals surface area contributed by atoms with Gasteiger partial charge in [0.05, 0.1) is 6.10 Å². The van der Waals surface area contributed by atoms with Crippen LogP contribution in [0.5, 0.6) is 5.75 Å². The molecule has 1 aliphatic heterocycles. The number of hydrogen-bond acceptors (Lipinski definition) is 4. The van der Waals surface area contributed by atoms with Crippen molar-refractivity contribution in [3.63, 3.8) is 0 Å². The van der Waals surface area contributed by atoms with Crippen LogP contribution in [-0.4, -0.2) is 50.3 Å². The van der Waals surface area contributed by atoms with E-state index in [9.17, 15) is 0 Å². The van der Waals surface area contributed by atoms with Gasteiger partial charge in [-0.15, -0.1) is 0 Å². The normalized spacial score (nSPS) is 16.0. The van der Waals surface area contributed by atoms with Crippen molar-refractivity contribution >= 4 is 10.8 Å². The molecule has 0 spiro atoms. The van der Waals surface area contributed by atoms with Crippen molar-refractivity contribution in [1.82, 2.24) is 15.5 Å². The lowest BCUT2D eigenvalue weighted by molar-refractivity contribution is 0.236. The average Bonchev–Trinajstić information content (AvgIpc) is 2.60. The van der Waals surface area contributed by atoms with Crippen molar-refractivity contribution < 1.29 is 4.74 Å². The van der Waals surface area contributed by atoms with Crippen LogP contribution in [0, 0.1) is 0 Å². The molecule has 24 heavy (non-hydrogen) atoms. The molecule has 0 radical (unpaired) electrons. The summed E-state index contributed by atoms with van der Waals surface area (Å²) in [5.41, 5.74) is 1.27. The fraction of sp³-hybridized carbons (Fsp3) is 0.500. The van der Waals surface area contributed by atoms with Gasteiger partial charge in [0.25, 0.3) is 0 Å². The zero-order valence-electron chi connectivity index (χ0n) is 14.8. The van der Waals surface area contributed by atoms with E-state index in [2.05, 4.69) is 65.8 Å². The zero-order chi connectivity index (χ0) is 16.8. The summed E-state index contributed by atoms with van der Waals surface area (Å²) in [7, 11) is 0. The molecule has 4 heteroatoms. The maximum absolute atomic E-state index is 6.04. The predicted molar refractivity (Wildman–Crippen MR) is 101 cm³/mol. The highest BCUT2D eigenvalue weighted by Crippen LogP contribution is 2.28. The first-order chi connectivity index (χ1) is 11.7. The first-order valence-corrected chi connectivity index (χ1v) is 9.05. The van der Waals surface area contributed by atoms with Crippen molar-refractivity contribution in [2.45, 2.75) is 26.5 Å². The quantitative estimate of drug-likeness (QED) is 0.767. The molecule has 0 aliphatic carbocycles. The number of piperazine rings is 1. The number of rotatable bonds is 7. The monoisotopic (exact) mass is 327 g/mol. The Balaban J connectivity index is 1.66. The second-order valence-electron chi connectivity index (χ2n) is 6.70. The van der Waals surface area contributed by atoms with Gasteiger partial charge < -0.3 is 15.4 Å². The second-order valence-corrected chi connectivity index (χ2v) is 6.70. The molecule has 4 nitrogen and oxygen atoms in total. The van der Waals surface area contributed by atoms with Gasteiger partial charge in [0, 0.05) is 51.4 Å². The highest BCUT2D eigenvalue weighted by atomic mass is 16.5. The highest BCUT2D eigenvalue weighted by molar-refractivity contribution is 5.87. The third kappa shape index (κ3) is 4.47. The van der Waals surface area contributed by atoms with Crippen molar-refractivity contribution in [3.05, 3.63) is 42.0 Å². The molecular weight excluding hydrogens is 298 g/mol. The lowest BCUT2D eigenvalue weighted by atomic mass is 10.0. The number of nitrogens with one attached hydrogen (secondary N) is 2. The minimum absolute atomic E-state index is 0.186. The maximum atomic E-state index is 6.04. The van der Waals surface area contributed by atoms with Crippen LogP contribution in [0.25, 0.3) is 10.8 Å². The summed E-state index contributed by atoms with van der Waals surface area (Å²) in [6, 6.07) is 12.8. The number of benzene rings is 2. The molecule has 1 saturated heterocycles. The van der Waals surface area contributed by atoms with Gasteiger partial charge in [0.2, 0.25) is 0 Å². The summed E-state index contributed by atoms with van der Waals surface area (Å²) in [5.74, 6) is 0.998. The molecule has 0 bridgehead atoms. The fourth-order valence-electron chi connectivity index (χ4n) is 3.25. The van der Waals surface area contributed by atoms with Crippen molar-refractivity contribution in [1.29, 1.82) is 0 Å². The van der Waals surface area contributed by atoms with E-state index in [1.165, 1.54) is 16.3 Å². The van der Waals surface area contributed by atoms with Crippen LogP contribution in [0.1, 0.15) is 19.4 Å². The molecule has 0 amide bonds. The lowest BCUT2D eigenvalue weighted by Gasteiger charge is -2.27. The number of nitrogens with zero attached hydrogens (tertiary/aromatic N) is 1. The molecule has 2 N–H and O–H groups in total. The zero-order valence-corrected chi connectivity index (χ0v) is 14.8. The van der Waals surface area contributed by atoms with Crippen molar-refractivity contribution in [2.24, 2.45) is 0 Å². The van der Waals surface area contributed by atoms with E-state index in [0.29, 0.717) is 0 Å². The van der Waals surface area contributed by atoms with E-state index in [1.54, 1.807) is 0 Å². The molecule has 1 fully saturated rings. The molecule has 0 atom stereocenters. The van der Waals surface area contributed by atoms with Gasteiger partial charge in [-0.1, -0.05) is 30.3 Å². The first-order valence-electron chi connectivity index (χ1n) is 9.05. The SMILES string of the molecule is CC(C)Oc1ccc2ccccc2c1CNCCN1CCNCC1. The van der Waals surface area contributed by atoms with Crippen LogP contribution in [-0.2, 0) is 6.54 Å². The third-order valence-corrected chi connectivity index (χ3v) is 4.48. The fourth-order valence-corrected chi connectivity index (χ4v) is 3.25. The summed E-state index contributed by atoms with van der Waals surface area (Å²) in [6.45, 7) is 11.6. The van der Waals surface area contributed by atoms with E-state index in [0.717, 1.165) is 51.6 Å². The smallest absolute Gasteiger partial charge is 0.124 e. The summed E-state index contributed by atoms with van der Waals surface area (Å²) < 4.78 is 6.04. The Bertz CT molecular complexity index is 650. The Morgan fingerprint density at radius 3 is 2.71 bits per heavy atom. The summed E-state index contributed by atoms with van der Waals surface area (Å²) in [6.07, 6.45) is 0.186. The van der Waals surface area contributed by atoms with Crippen LogP contribution in [0.2, 0.25) is 0 Å². The van der Waals surface area contributed by atoms with Crippen molar-refractivity contribution in [2.75, 3.05) is 39.3 Å².